The van der Waals surface area contributed by atoms with Gasteiger partial charge in [-0.1, -0.05) is 0 Å². The highest BCUT2D eigenvalue weighted by molar-refractivity contribution is 5.96. The summed E-state index contributed by atoms with van der Waals surface area (Å²) in [5.74, 6) is 0.453. The van der Waals surface area contributed by atoms with Crippen molar-refractivity contribution in [3.8, 4) is 0 Å². The number of furan rings is 1. The van der Waals surface area contributed by atoms with E-state index in [9.17, 15) is 4.79 Å². The summed E-state index contributed by atoms with van der Waals surface area (Å²) in [5, 5.41) is 2.77. The second-order valence-corrected chi connectivity index (χ2v) is 2.39. The van der Waals surface area contributed by atoms with E-state index in [4.69, 9.17) is 4.42 Å². The zero-order chi connectivity index (χ0) is 8.27. The lowest BCUT2D eigenvalue weighted by molar-refractivity contribution is 0.0966. The van der Waals surface area contributed by atoms with E-state index < -0.39 is 0 Å². The lowest BCUT2D eigenvalue weighted by Crippen LogP contribution is -2.18. The molecule has 0 unspecified atom stereocenters. The molecule has 1 aromatic rings. The highest BCUT2D eigenvalue weighted by Crippen LogP contribution is 2.08. The molecule has 0 aromatic carbocycles. The van der Waals surface area contributed by atoms with Gasteiger partial charge < -0.3 is 9.73 Å². The molecular formula is C8H11NO2. The highest BCUT2D eigenvalue weighted by Gasteiger charge is 2.10. The fourth-order valence-corrected chi connectivity index (χ4v) is 0.899. The molecule has 0 radical (unpaired) electrons. The fraction of sp³-hybridized carbons (Fsp3) is 0.375. The zero-order valence-corrected chi connectivity index (χ0v) is 6.68. The van der Waals surface area contributed by atoms with Gasteiger partial charge in [-0.3, -0.25) is 4.79 Å². The molecule has 0 bridgehead atoms. The number of aryl methyl sites for hydroxylation is 1. The average molecular weight is 153 g/mol. The first-order chi connectivity index (χ1) is 5.25. The molecule has 1 aromatic heterocycles. The summed E-state index contributed by atoms with van der Waals surface area (Å²) < 4.78 is 4.99. The summed E-state index contributed by atoms with van der Waals surface area (Å²) in [6, 6.07) is 1.78. The topological polar surface area (TPSA) is 42.2 Å². The quantitative estimate of drug-likeness (QED) is 0.658. The molecule has 0 spiro atoms. The Bertz CT molecular complexity index is 252. The van der Waals surface area contributed by atoms with Crippen molar-refractivity contribution in [2.75, 3.05) is 13.6 Å². The molecule has 1 heterocycles. The summed E-state index contributed by atoms with van der Waals surface area (Å²) in [5.41, 5.74) is 0.894. The van der Waals surface area contributed by atoms with Crippen molar-refractivity contribution in [2.24, 2.45) is 0 Å². The number of Topliss-reactive ketones (excluding diaryl/α,β-unsaturated/α-hetero) is 1. The Morgan fingerprint density at radius 1 is 1.73 bits per heavy atom. The normalized spacial score (nSPS) is 10.0. The molecule has 0 aliphatic heterocycles. The molecule has 0 aliphatic rings. The van der Waals surface area contributed by atoms with E-state index in [1.165, 1.54) is 6.26 Å². The largest absolute Gasteiger partial charge is 0.461 e. The Balaban J connectivity index is 2.76. The number of nitrogens with one attached hydrogen (secondary N) is 1. The SMILES string of the molecule is CNCC(=O)c1occc1C. The standard InChI is InChI=1S/C8H11NO2/c1-6-3-4-11-8(6)7(10)5-9-2/h3-4,9H,5H2,1-2H3. The molecule has 0 amide bonds. The van der Waals surface area contributed by atoms with E-state index in [-0.39, 0.29) is 5.78 Å². The molecule has 60 valence electrons. The second-order valence-electron chi connectivity index (χ2n) is 2.39. The number of hydrogen-bond acceptors (Lipinski definition) is 3. The third-order valence-electron chi connectivity index (χ3n) is 1.45. The Labute approximate surface area is 65.4 Å². The van der Waals surface area contributed by atoms with Crippen molar-refractivity contribution in [1.29, 1.82) is 0 Å². The van der Waals surface area contributed by atoms with Crippen LogP contribution in [-0.4, -0.2) is 19.4 Å². The number of carbonyl (C=O) groups is 1. The van der Waals surface area contributed by atoms with Crippen LogP contribution in [0.4, 0.5) is 0 Å². The summed E-state index contributed by atoms with van der Waals surface area (Å²) in [6.45, 7) is 2.18. The monoisotopic (exact) mass is 153 g/mol. The van der Waals surface area contributed by atoms with Crippen LogP contribution >= 0.6 is 0 Å². The molecule has 0 fully saturated rings. The predicted octanol–water partition coefficient (Wildman–Crippen LogP) is 0.990. The average Bonchev–Trinajstić information content (AvgIpc) is 2.36. The maximum atomic E-state index is 11.2. The summed E-state index contributed by atoms with van der Waals surface area (Å²) in [4.78, 5) is 11.2. The van der Waals surface area contributed by atoms with E-state index in [1.807, 2.05) is 6.92 Å². The maximum Gasteiger partial charge on any atom is 0.211 e. The van der Waals surface area contributed by atoms with Gasteiger partial charge in [0.05, 0.1) is 12.8 Å². The van der Waals surface area contributed by atoms with Crippen LogP contribution in [0.15, 0.2) is 16.7 Å². The van der Waals surface area contributed by atoms with Gasteiger partial charge in [0.1, 0.15) is 0 Å². The second kappa shape index (κ2) is 3.34. The Morgan fingerprint density at radius 3 is 2.91 bits per heavy atom. The van der Waals surface area contributed by atoms with Gasteiger partial charge >= 0.3 is 0 Å². The predicted molar refractivity (Wildman–Crippen MR) is 41.7 cm³/mol. The molecular weight excluding hydrogens is 142 g/mol. The molecule has 0 saturated carbocycles. The lowest BCUT2D eigenvalue weighted by Gasteiger charge is -1.95. The van der Waals surface area contributed by atoms with E-state index in [0.717, 1.165) is 5.56 Å². The van der Waals surface area contributed by atoms with Crippen LogP contribution in [0.1, 0.15) is 16.1 Å². The van der Waals surface area contributed by atoms with Gasteiger partial charge in [0.25, 0.3) is 0 Å². The van der Waals surface area contributed by atoms with Gasteiger partial charge in [0.2, 0.25) is 5.78 Å². The van der Waals surface area contributed by atoms with Gasteiger partial charge in [-0.25, -0.2) is 0 Å². The van der Waals surface area contributed by atoms with Crippen LogP contribution in [0.3, 0.4) is 0 Å². The molecule has 0 saturated heterocycles. The van der Waals surface area contributed by atoms with Crippen molar-refractivity contribution in [2.45, 2.75) is 6.92 Å². The molecule has 0 atom stereocenters. The molecule has 0 aliphatic carbocycles. The number of likely N-dealkylation sites (N-methyl/N-ethyl adjacent to an activating group) is 1. The molecule has 3 heteroatoms. The molecule has 1 N–H and O–H groups in total. The minimum Gasteiger partial charge on any atom is -0.461 e. The van der Waals surface area contributed by atoms with Gasteiger partial charge in [0.15, 0.2) is 5.76 Å². The van der Waals surface area contributed by atoms with Crippen LogP contribution in [0.2, 0.25) is 0 Å². The first-order valence-electron chi connectivity index (χ1n) is 3.47. The summed E-state index contributed by atoms with van der Waals surface area (Å²) >= 11 is 0. The number of carbonyl (C=O) groups excluding carboxylic acids is 1. The van der Waals surface area contributed by atoms with Crippen molar-refractivity contribution >= 4 is 5.78 Å². The first kappa shape index (κ1) is 8.01. The number of rotatable bonds is 3. The van der Waals surface area contributed by atoms with Crippen LogP contribution in [0, 0.1) is 6.92 Å². The number of ketones is 1. The first-order valence-corrected chi connectivity index (χ1v) is 3.47. The Morgan fingerprint density at radius 2 is 2.45 bits per heavy atom. The lowest BCUT2D eigenvalue weighted by atomic mass is 10.2. The third-order valence-corrected chi connectivity index (χ3v) is 1.45. The van der Waals surface area contributed by atoms with Gasteiger partial charge in [0, 0.05) is 0 Å². The highest BCUT2D eigenvalue weighted by atomic mass is 16.3. The maximum absolute atomic E-state index is 11.2. The smallest absolute Gasteiger partial charge is 0.211 e. The molecule has 11 heavy (non-hydrogen) atoms. The van der Waals surface area contributed by atoms with Gasteiger partial charge in [-0.15, -0.1) is 0 Å². The van der Waals surface area contributed by atoms with E-state index in [2.05, 4.69) is 5.32 Å². The molecule has 3 nitrogen and oxygen atoms in total. The van der Waals surface area contributed by atoms with Gasteiger partial charge in [-0.2, -0.15) is 0 Å². The Hall–Kier alpha value is -1.09. The third kappa shape index (κ3) is 1.68. The van der Waals surface area contributed by atoms with E-state index in [1.54, 1.807) is 13.1 Å². The zero-order valence-electron chi connectivity index (χ0n) is 6.68. The molecule has 1 rings (SSSR count). The van der Waals surface area contributed by atoms with Crippen LogP contribution in [0.5, 0.6) is 0 Å². The van der Waals surface area contributed by atoms with Crippen molar-refractivity contribution in [3.63, 3.8) is 0 Å². The number of hydrogen-bond donors (Lipinski definition) is 1. The van der Waals surface area contributed by atoms with Crippen LogP contribution in [-0.2, 0) is 0 Å². The minimum absolute atomic E-state index is 0.00463. The van der Waals surface area contributed by atoms with Crippen molar-refractivity contribution in [3.05, 3.63) is 23.7 Å². The summed E-state index contributed by atoms with van der Waals surface area (Å²) in [6.07, 6.45) is 1.53. The fourth-order valence-electron chi connectivity index (χ4n) is 0.899. The summed E-state index contributed by atoms with van der Waals surface area (Å²) in [7, 11) is 1.73. The van der Waals surface area contributed by atoms with Crippen LogP contribution < -0.4 is 5.32 Å². The van der Waals surface area contributed by atoms with Crippen molar-refractivity contribution in [1.82, 2.24) is 5.32 Å². The minimum atomic E-state index is -0.00463. The van der Waals surface area contributed by atoms with Crippen molar-refractivity contribution < 1.29 is 9.21 Å². The Kier molecular flexibility index (Phi) is 2.44. The van der Waals surface area contributed by atoms with E-state index in [0.29, 0.717) is 12.3 Å². The van der Waals surface area contributed by atoms with E-state index >= 15 is 0 Å². The van der Waals surface area contributed by atoms with Gasteiger partial charge in [-0.05, 0) is 25.6 Å². The van der Waals surface area contributed by atoms with Crippen LogP contribution in [0.25, 0.3) is 0 Å².